The van der Waals surface area contributed by atoms with Crippen LogP contribution >= 0.6 is 0 Å². The number of nitrogens with two attached hydrogens (primary N) is 1. The van der Waals surface area contributed by atoms with Gasteiger partial charge in [-0.05, 0) is 37.7 Å². The molecular formula is C16H23NO2. The lowest BCUT2D eigenvalue weighted by atomic mass is 9.79. The van der Waals surface area contributed by atoms with Crippen LogP contribution in [0.1, 0.15) is 50.6 Å². The zero-order valence-corrected chi connectivity index (χ0v) is 11.8. The minimum absolute atomic E-state index is 0.0342. The summed E-state index contributed by atoms with van der Waals surface area (Å²) in [5.74, 6) is 2.41. The highest BCUT2D eigenvalue weighted by Crippen LogP contribution is 2.50. The molecular weight excluding hydrogens is 238 g/mol. The molecule has 1 aromatic rings. The molecule has 0 bridgehead atoms. The number of hydrogen-bond acceptors (Lipinski definition) is 3. The summed E-state index contributed by atoms with van der Waals surface area (Å²) < 4.78 is 11.7. The van der Waals surface area contributed by atoms with Gasteiger partial charge in [0.2, 0.25) is 0 Å². The van der Waals surface area contributed by atoms with Crippen molar-refractivity contribution in [2.24, 2.45) is 11.7 Å². The Morgan fingerprint density at radius 3 is 3.05 bits per heavy atom. The van der Waals surface area contributed by atoms with Gasteiger partial charge in [0.1, 0.15) is 17.1 Å². The number of rotatable bonds is 2. The van der Waals surface area contributed by atoms with Gasteiger partial charge in [-0.2, -0.15) is 0 Å². The summed E-state index contributed by atoms with van der Waals surface area (Å²) in [6.07, 6.45) is 5.78. The lowest BCUT2D eigenvalue weighted by Crippen LogP contribution is -2.45. The van der Waals surface area contributed by atoms with Gasteiger partial charge >= 0.3 is 0 Å². The van der Waals surface area contributed by atoms with E-state index in [1.54, 1.807) is 7.11 Å². The maximum absolute atomic E-state index is 6.44. The average molecular weight is 261 g/mol. The molecule has 1 aliphatic carbocycles. The van der Waals surface area contributed by atoms with E-state index < -0.39 is 0 Å². The summed E-state index contributed by atoms with van der Waals surface area (Å²) in [6, 6.07) is 6.08. The summed E-state index contributed by atoms with van der Waals surface area (Å²) in [6.45, 7) is 2.26. The molecule has 0 aromatic heterocycles. The molecule has 3 nitrogen and oxygen atoms in total. The lowest BCUT2D eigenvalue weighted by molar-refractivity contribution is -0.00113. The number of ether oxygens (including phenoxy) is 2. The number of fused-ring (bicyclic) bond motifs is 1. The van der Waals surface area contributed by atoms with Gasteiger partial charge in [-0.3, -0.25) is 0 Å². The van der Waals surface area contributed by atoms with Crippen LogP contribution in [0.2, 0.25) is 0 Å². The van der Waals surface area contributed by atoms with Crippen LogP contribution in [0.15, 0.2) is 18.2 Å². The van der Waals surface area contributed by atoms with E-state index >= 15 is 0 Å². The SMILES string of the molecule is CCC1CCCC12C[C@@H](N)c1ccc(OC)cc1O2. The second-order valence-electron chi connectivity index (χ2n) is 5.88. The maximum atomic E-state index is 6.44. The Hall–Kier alpha value is -1.22. The highest BCUT2D eigenvalue weighted by molar-refractivity contribution is 5.44. The van der Waals surface area contributed by atoms with Gasteiger partial charge in [-0.25, -0.2) is 0 Å². The molecule has 0 saturated heterocycles. The topological polar surface area (TPSA) is 44.5 Å². The van der Waals surface area contributed by atoms with Crippen LogP contribution in [0.25, 0.3) is 0 Å². The quantitative estimate of drug-likeness (QED) is 0.887. The summed E-state index contributed by atoms with van der Waals surface area (Å²) in [7, 11) is 1.69. The molecule has 2 aliphatic rings. The number of methoxy groups -OCH3 is 1. The molecule has 1 saturated carbocycles. The van der Waals surface area contributed by atoms with Gasteiger partial charge in [0, 0.05) is 24.1 Å². The molecule has 3 rings (SSSR count). The van der Waals surface area contributed by atoms with Gasteiger partial charge in [0.25, 0.3) is 0 Å². The van der Waals surface area contributed by atoms with Crippen molar-refractivity contribution in [1.29, 1.82) is 0 Å². The van der Waals surface area contributed by atoms with Crippen LogP contribution < -0.4 is 15.2 Å². The van der Waals surface area contributed by atoms with Crippen molar-refractivity contribution in [3.8, 4) is 11.5 Å². The molecule has 2 unspecified atom stereocenters. The zero-order chi connectivity index (χ0) is 13.5. The first-order chi connectivity index (χ1) is 9.18. The smallest absolute Gasteiger partial charge is 0.128 e. The van der Waals surface area contributed by atoms with Crippen LogP contribution in [0.3, 0.4) is 0 Å². The van der Waals surface area contributed by atoms with E-state index in [9.17, 15) is 0 Å². The van der Waals surface area contributed by atoms with Gasteiger partial charge in [0.15, 0.2) is 0 Å². The maximum Gasteiger partial charge on any atom is 0.128 e. The Morgan fingerprint density at radius 2 is 2.32 bits per heavy atom. The highest BCUT2D eigenvalue weighted by Gasteiger charge is 2.48. The van der Waals surface area contributed by atoms with Gasteiger partial charge in [0.05, 0.1) is 7.11 Å². The normalized spacial score (nSPS) is 33.0. The van der Waals surface area contributed by atoms with E-state index in [0.29, 0.717) is 5.92 Å². The molecule has 3 atom stereocenters. The first-order valence-electron chi connectivity index (χ1n) is 7.31. The van der Waals surface area contributed by atoms with E-state index in [1.807, 2.05) is 18.2 Å². The fourth-order valence-corrected chi connectivity index (χ4v) is 3.87. The molecule has 1 aromatic carbocycles. The molecule has 1 spiro atoms. The molecule has 19 heavy (non-hydrogen) atoms. The minimum atomic E-state index is -0.0342. The fourth-order valence-electron chi connectivity index (χ4n) is 3.87. The molecule has 3 heteroatoms. The van der Waals surface area contributed by atoms with Crippen molar-refractivity contribution in [2.45, 2.75) is 50.7 Å². The third-order valence-electron chi connectivity index (χ3n) is 4.89. The lowest BCUT2D eigenvalue weighted by Gasteiger charge is -2.42. The predicted octanol–water partition coefficient (Wildman–Crippen LogP) is 3.43. The molecule has 1 fully saturated rings. The van der Waals surface area contributed by atoms with Crippen molar-refractivity contribution in [3.05, 3.63) is 23.8 Å². The van der Waals surface area contributed by atoms with Crippen LogP contribution in [-0.4, -0.2) is 12.7 Å². The largest absolute Gasteiger partial charge is 0.497 e. The second kappa shape index (κ2) is 4.71. The minimum Gasteiger partial charge on any atom is -0.497 e. The van der Waals surface area contributed by atoms with Crippen LogP contribution in [0.4, 0.5) is 0 Å². The van der Waals surface area contributed by atoms with E-state index in [0.717, 1.165) is 29.9 Å². The summed E-state index contributed by atoms with van der Waals surface area (Å²) >= 11 is 0. The van der Waals surface area contributed by atoms with Crippen LogP contribution in [0.5, 0.6) is 11.5 Å². The Kier molecular flexibility index (Phi) is 3.17. The van der Waals surface area contributed by atoms with Crippen molar-refractivity contribution >= 4 is 0 Å². The molecule has 1 aliphatic heterocycles. The Labute approximate surface area is 115 Å². The predicted molar refractivity (Wildman–Crippen MR) is 75.5 cm³/mol. The zero-order valence-electron chi connectivity index (χ0n) is 11.8. The molecule has 0 radical (unpaired) electrons. The molecule has 0 amide bonds. The average Bonchev–Trinajstić information content (AvgIpc) is 2.79. The summed E-state index contributed by atoms with van der Waals surface area (Å²) in [5.41, 5.74) is 7.47. The summed E-state index contributed by atoms with van der Waals surface area (Å²) in [5, 5.41) is 0. The van der Waals surface area contributed by atoms with Crippen molar-refractivity contribution in [2.75, 3.05) is 7.11 Å². The van der Waals surface area contributed by atoms with E-state index in [-0.39, 0.29) is 11.6 Å². The monoisotopic (exact) mass is 261 g/mol. The third-order valence-corrected chi connectivity index (χ3v) is 4.89. The van der Waals surface area contributed by atoms with Gasteiger partial charge in [-0.1, -0.05) is 13.0 Å². The number of benzene rings is 1. The van der Waals surface area contributed by atoms with Crippen molar-refractivity contribution in [3.63, 3.8) is 0 Å². The third kappa shape index (κ3) is 2.00. The molecule has 1 heterocycles. The first kappa shape index (κ1) is 12.8. The second-order valence-corrected chi connectivity index (χ2v) is 5.88. The van der Waals surface area contributed by atoms with Crippen molar-refractivity contribution in [1.82, 2.24) is 0 Å². The van der Waals surface area contributed by atoms with Gasteiger partial charge in [-0.15, -0.1) is 0 Å². The first-order valence-corrected chi connectivity index (χ1v) is 7.31. The Bertz CT molecular complexity index is 474. The molecule has 104 valence electrons. The standard InChI is InChI=1S/C16H23NO2/c1-3-11-5-4-8-16(11)10-14(17)13-7-6-12(18-2)9-15(13)19-16/h6-7,9,11,14H,3-5,8,10,17H2,1-2H3/t11?,14-,16?/m1/s1. The Morgan fingerprint density at radius 1 is 1.47 bits per heavy atom. The summed E-state index contributed by atoms with van der Waals surface area (Å²) in [4.78, 5) is 0. The van der Waals surface area contributed by atoms with Crippen LogP contribution in [0, 0.1) is 5.92 Å². The van der Waals surface area contributed by atoms with Gasteiger partial charge < -0.3 is 15.2 Å². The van der Waals surface area contributed by atoms with Crippen molar-refractivity contribution < 1.29 is 9.47 Å². The van der Waals surface area contributed by atoms with E-state index in [2.05, 4.69) is 6.92 Å². The van der Waals surface area contributed by atoms with Crippen LogP contribution in [-0.2, 0) is 0 Å². The molecule has 2 N–H and O–H groups in total. The Balaban J connectivity index is 1.98. The van der Waals surface area contributed by atoms with E-state index in [4.69, 9.17) is 15.2 Å². The number of hydrogen-bond donors (Lipinski definition) is 1. The highest BCUT2D eigenvalue weighted by atomic mass is 16.5. The van der Waals surface area contributed by atoms with E-state index in [1.165, 1.54) is 19.3 Å². The fraction of sp³-hybridized carbons (Fsp3) is 0.625.